The van der Waals surface area contributed by atoms with Gasteiger partial charge in [0.05, 0.1) is 0 Å². The molecule has 0 amide bonds. The number of aliphatic hydroxyl groups is 1. The Hall–Kier alpha value is -1.55. The summed E-state index contributed by atoms with van der Waals surface area (Å²) >= 11 is 0. The third-order valence-electron chi connectivity index (χ3n) is 2.27. The molecule has 1 aromatic carbocycles. The zero-order valence-electron chi connectivity index (χ0n) is 7.77. The Morgan fingerprint density at radius 2 is 2.00 bits per heavy atom. The minimum atomic E-state index is -2.77. The van der Waals surface area contributed by atoms with E-state index >= 15 is 0 Å². The fraction of sp³-hybridized carbons (Fsp3) is 0.182. The molecule has 1 aromatic heterocycles. The van der Waals surface area contributed by atoms with Crippen molar-refractivity contribution in [2.75, 3.05) is 0 Å². The average molecular weight is 209 g/mol. The van der Waals surface area contributed by atoms with E-state index in [0.29, 0.717) is 5.39 Å². The molecule has 78 valence electrons. The predicted octanol–water partition coefficient (Wildman–Crippen LogP) is 2.53. The molecular formula is C11H9F2NO. The summed E-state index contributed by atoms with van der Waals surface area (Å²) in [6.45, 7) is 0. The second-order valence-electron chi connectivity index (χ2n) is 3.22. The summed E-state index contributed by atoms with van der Waals surface area (Å²) in [5, 5.41) is 10.7. The van der Waals surface area contributed by atoms with Gasteiger partial charge >= 0.3 is 0 Å². The highest BCUT2D eigenvalue weighted by molar-refractivity contribution is 5.85. The molecule has 0 aliphatic heterocycles. The number of hydrogen-bond acceptors (Lipinski definition) is 2. The van der Waals surface area contributed by atoms with E-state index in [-0.39, 0.29) is 5.56 Å². The first-order valence-corrected chi connectivity index (χ1v) is 4.49. The fourth-order valence-corrected chi connectivity index (χ4v) is 1.54. The molecule has 0 spiro atoms. The molecular weight excluding hydrogens is 200 g/mol. The first-order chi connectivity index (χ1) is 7.20. The Kier molecular flexibility index (Phi) is 2.60. The van der Waals surface area contributed by atoms with Crippen LogP contribution >= 0.6 is 0 Å². The normalized spacial score (nSPS) is 13.3. The van der Waals surface area contributed by atoms with Crippen LogP contribution in [0.15, 0.2) is 36.7 Å². The third-order valence-corrected chi connectivity index (χ3v) is 2.27. The van der Waals surface area contributed by atoms with Crippen LogP contribution in [0, 0.1) is 0 Å². The van der Waals surface area contributed by atoms with Gasteiger partial charge in [-0.3, -0.25) is 4.98 Å². The van der Waals surface area contributed by atoms with Gasteiger partial charge in [-0.15, -0.1) is 0 Å². The van der Waals surface area contributed by atoms with E-state index in [1.54, 1.807) is 24.4 Å². The predicted molar refractivity (Wildman–Crippen MR) is 52.7 cm³/mol. The van der Waals surface area contributed by atoms with Gasteiger partial charge in [-0.1, -0.05) is 18.2 Å². The molecule has 2 aromatic rings. The summed E-state index contributed by atoms with van der Waals surface area (Å²) in [6, 6.07) is 6.52. The number of aromatic nitrogens is 1. The number of aliphatic hydroxyl groups excluding tert-OH is 1. The molecule has 1 atom stereocenters. The lowest BCUT2D eigenvalue weighted by atomic mass is 10.0. The summed E-state index contributed by atoms with van der Waals surface area (Å²) in [4.78, 5) is 3.89. The van der Waals surface area contributed by atoms with Crippen LogP contribution in [-0.2, 0) is 0 Å². The molecule has 2 nitrogen and oxygen atoms in total. The number of rotatable bonds is 2. The van der Waals surface area contributed by atoms with Crippen molar-refractivity contribution in [1.29, 1.82) is 0 Å². The fourth-order valence-electron chi connectivity index (χ4n) is 1.54. The lowest BCUT2D eigenvalue weighted by Crippen LogP contribution is -2.08. The molecule has 4 heteroatoms. The van der Waals surface area contributed by atoms with Crippen LogP contribution in [0.4, 0.5) is 8.78 Å². The number of alkyl halides is 2. The van der Waals surface area contributed by atoms with Crippen LogP contribution in [-0.4, -0.2) is 16.5 Å². The van der Waals surface area contributed by atoms with Crippen LogP contribution in [0.5, 0.6) is 0 Å². The van der Waals surface area contributed by atoms with E-state index in [1.165, 1.54) is 12.3 Å². The summed E-state index contributed by atoms with van der Waals surface area (Å²) in [6.07, 6.45) is -1.42. The molecule has 0 aliphatic carbocycles. The van der Waals surface area contributed by atoms with Crippen molar-refractivity contribution in [1.82, 2.24) is 4.98 Å². The summed E-state index contributed by atoms with van der Waals surface area (Å²) in [5.41, 5.74) is 0.241. The topological polar surface area (TPSA) is 33.1 Å². The monoisotopic (exact) mass is 209 g/mol. The molecule has 2 rings (SSSR count). The van der Waals surface area contributed by atoms with Gasteiger partial charge in [-0.2, -0.15) is 0 Å². The molecule has 0 saturated heterocycles. The zero-order chi connectivity index (χ0) is 10.8. The van der Waals surface area contributed by atoms with Crippen molar-refractivity contribution >= 4 is 10.8 Å². The maximum atomic E-state index is 12.4. The summed E-state index contributed by atoms with van der Waals surface area (Å²) in [5.74, 6) is 0. The van der Waals surface area contributed by atoms with E-state index in [9.17, 15) is 13.9 Å². The van der Waals surface area contributed by atoms with Crippen LogP contribution in [0.25, 0.3) is 10.8 Å². The number of halogens is 2. The molecule has 0 saturated carbocycles. The minimum Gasteiger partial charge on any atom is -0.382 e. The summed E-state index contributed by atoms with van der Waals surface area (Å²) < 4.78 is 24.8. The molecule has 0 aliphatic rings. The lowest BCUT2D eigenvalue weighted by Gasteiger charge is -2.12. The number of hydrogen-bond donors (Lipinski definition) is 1. The number of pyridine rings is 1. The first-order valence-electron chi connectivity index (χ1n) is 4.49. The third kappa shape index (κ3) is 1.80. The maximum Gasteiger partial charge on any atom is 0.268 e. The molecule has 1 N–H and O–H groups in total. The maximum absolute atomic E-state index is 12.4. The second-order valence-corrected chi connectivity index (χ2v) is 3.22. The standard InChI is InChI=1S/C11H9F2NO/c12-11(13)10(15)9-3-1-2-7-6-14-5-4-8(7)9/h1-6,10-11,15H. The first kappa shape index (κ1) is 9.98. The zero-order valence-corrected chi connectivity index (χ0v) is 7.77. The van der Waals surface area contributed by atoms with Crippen LogP contribution in [0.1, 0.15) is 11.7 Å². The van der Waals surface area contributed by atoms with Crippen LogP contribution < -0.4 is 0 Å². The Bertz CT molecular complexity index is 468. The number of fused-ring (bicyclic) bond motifs is 1. The highest BCUT2D eigenvalue weighted by Gasteiger charge is 2.20. The van der Waals surface area contributed by atoms with Crippen LogP contribution in [0.3, 0.4) is 0 Å². The Labute approximate surface area is 85.2 Å². The molecule has 1 unspecified atom stereocenters. The van der Waals surface area contributed by atoms with E-state index in [4.69, 9.17) is 0 Å². The summed E-state index contributed by atoms with van der Waals surface area (Å²) in [7, 11) is 0. The van der Waals surface area contributed by atoms with Crippen molar-refractivity contribution in [3.8, 4) is 0 Å². The largest absolute Gasteiger partial charge is 0.382 e. The van der Waals surface area contributed by atoms with Gasteiger partial charge in [0.1, 0.15) is 6.10 Å². The van der Waals surface area contributed by atoms with Crippen molar-refractivity contribution in [3.05, 3.63) is 42.2 Å². The van der Waals surface area contributed by atoms with E-state index < -0.39 is 12.5 Å². The Balaban J connectivity index is 2.60. The Morgan fingerprint density at radius 3 is 2.73 bits per heavy atom. The van der Waals surface area contributed by atoms with Crippen molar-refractivity contribution in [2.45, 2.75) is 12.5 Å². The SMILES string of the molecule is OC(c1cccc2cnccc12)C(F)F. The highest BCUT2D eigenvalue weighted by Crippen LogP contribution is 2.27. The minimum absolute atomic E-state index is 0.241. The van der Waals surface area contributed by atoms with Gasteiger partial charge in [-0.05, 0) is 17.0 Å². The molecule has 15 heavy (non-hydrogen) atoms. The van der Waals surface area contributed by atoms with Crippen molar-refractivity contribution in [3.63, 3.8) is 0 Å². The smallest absolute Gasteiger partial charge is 0.268 e. The Morgan fingerprint density at radius 1 is 1.20 bits per heavy atom. The average Bonchev–Trinajstić information content (AvgIpc) is 2.27. The van der Waals surface area contributed by atoms with E-state index in [0.717, 1.165) is 5.39 Å². The highest BCUT2D eigenvalue weighted by atomic mass is 19.3. The van der Waals surface area contributed by atoms with Crippen LogP contribution in [0.2, 0.25) is 0 Å². The van der Waals surface area contributed by atoms with Crippen molar-refractivity contribution < 1.29 is 13.9 Å². The quantitative estimate of drug-likeness (QED) is 0.824. The molecule has 0 bridgehead atoms. The van der Waals surface area contributed by atoms with Gasteiger partial charge in [0, 0.05) is 17.8 Å². The van der Waals surface area contributed by atoms with Gasteiger partial charge in [0.25, 0.3) is 6.43 Å². The molecule has 0 fully saturated rings. The molecule has 0 radical (unpaired) electrons. The number of benzene rings is 1. The van der Waals surface area contributed by atoms with Crippen molar-refractivity contribution in [2.24, 2.45) is 0 Å². The van der Waals surface area contributed by atoms with E-state index in [1.807, 2.05) is 0 Å². The second kappa shape index (κ2) is 3.90. The number of nitrogens with zero attached hydrogens (tertiary/aromatic N) is 1. The lowest BCUT2D eigenvalue weighted by molar-refractivity contribution is -0.00494. The van der Waals surface area contributed by atoms with Gasteiger partial charge < -0.3 is 5.11 Å². The van der Waals surface area contributed by atoms with Gasteiger partial charge in [0.15, 0.2) is 0 Å². The van der Waals surface area contributed by atoms with Gasteiger partial charge in [0.2, 0.25) is 0 Å². The van der Waals surface area contributed by atoms with E-state index in [2.05, 4.69) is 4.98 Å². The molecule has 1 heterocycles. The van der Waals surface area contributed by atoms with Gasteiger partial charge in [-0.25, -0.2) is 8.78 Å².